The van der Waals surface area contributed by atoms with Crippen LogP contribution in [0.25, 0.3) is 11.4 Å². The summed E-state index contributed by atoms with van der Waals surface area (Å²) in [4.78, 5) is 4.40. The molecule has 0 atom stereocenters. The smallest absolute Gasteiger partial charge is 0.231 e. The van der Waals surface area contributed by atoms with Gasteiger partial charge >= 0.3 is 0 Å². The van der Waals surface area contributed by atoms with Crippen LogP contribution >= 0.6 is 15.9 Å². The third kappa shape index (κ3) is 2.88. The zero-order chi connectivity index (χ0) is 13.9. The SMILES string of the molecule is Nc1ccc(Cc2nc(-c3ccc(Br)cc3)no2)cc1. The first-order valence-electron chi connectivity index (χ1n) is 6.14. The van der Waals surface area contributed by atoms with E-state index in [2.05, 4.69) is 26.1 Å². The summed E-state index contributed by atoms with van der Waals surface area (Å²) >= 11 is 3.40. The van der Waals surface area contributed by atoms with Gasteiger partial charge in [0.25, 0.3) is 0 Å². The van der Waals surface area contributed by atoms with Gasteiger partial charge in [0.15, 0.2) is 0 Å². The Morgan fingerprint density at radius 2 is 1.70 bits per heavy atom. The zero-order valence-corrected chi connectivity index (χ0v) is 12.2. The van der Waals surface area contributed by atoms with E-state index in [1.54, 1.807) is 0 Å². The van der Waals surface area contributed by atoms with Gasteiger partial charge in [-0.2, -0.15) is 4.98 Å². The number of halogens is 1. The van der Waals surface area contributed by atoms with Crippen molar-refractivity contribution in [1.29, 1.82) is 0 Å². The molecule has 0 aliphatic rings. The van der Waals surface area contributed by atoms with E-state index >= 15 is 0 Å². The third-order valence-electron chi connectivity index (χ3n) is 2.91. The number of aromatic nitrogens is 2. The van der Waals surface area contributed by atoms with Gasteiger partial charge in [0.05, 0.1) is 6.42 Å². The van der Waals surface area contributed by atoms with Gasteiger partial charge in [0.1, 0.15) is 0 Å². The van der Waals surface area contributed by atoms with Gasteiger partial charge in [-0.25, -0.2) is 0 Å². The minimum atomic E-state index is 0.590. The summed E-state index contributed by atoms with van der Waals surface area (Å²) < 4.78 is 6.30. The van der Waals surface area contributed by atoms with Crippen molar-refractivity contribution in [1.82, 2.24) is 10.1 Å². The van der Waals surface area contributed by atoms with Gasteiger partial charge in [0.2, 0.25) is 11.7 Å². The molecule has 4 nitrogen and oxygen atoms in total. The lowest BCUT2D eigenvalue weighted by atomic mass is 10.1. The zero-order valence-electron chi connectivity index (χ0n) is 10.6. The van der Waals surface area contributed by atoms with Crippen LogP contribution in [0.2, 0.25) is 0 Å². The fourth-order valence-corrected chi connectivity index (χ4v) is 2.12. The molecule has 2 aromatic carbocycles. The van der Waals surface area contributed by atoms with Gasteiger partial charge in [-0.1, -0.05) is 33.2 Å². The predicted molar refractivity (Wildman–Crippen MR) is 81.1 cm³/mol. The van der Waals surface area contributed by atoms with E-state index in [9.17, 15) is 0 Å². The standard InChI is InChI=1S/C15H12BrN3O/c16-12-5-3-11(4-6-12)15-18-14(20-19-15)9-10-1-7-13(17)8-2-10/h1-8H,9,17H2. The Hall–Kier alpha value is -2.14. The molecule has 0 radical (unpaired) electrons. The largest absolute Gasteiger partial charge is 0.399 e. The molecular weight excluding hydrogens is 318 g/mol. The summed E-state index contributed by atoms with van der Waals surface area (Å²) in [6, 6.07) is 15.4. The molecule has 0 aliphatic heterocycles. The summed E-state index contributed by atoms with van der Waals surface area (Å²) in [7, 11) is 0. The van der Waals surface area contributed by atoms with Crippen LogP contribution < -0.4 is 5.73 Å². The molecule has 0 saturated heterocycles. The summed E-state index contributed by atoms with van der Waals surface area (Å²) in [6.07, 6.45) is 0.601. The molecule has 1 aromatic heterocycles. The van der Waals surface area contributed by atoms with Gasteiger partial charge in [-0.05, 0) is 42.0 Å². The van der Waals surface area contributed by atoms with Crippen molar-refractivity contribution in [3.05, 3.63) is 64.5 Å². The molecule has 0 fully saturated rings. The van der Waals surface area contributed by atoms with Crippen LogP contribution in [0.4, 0.5) is 5.69 Å². The summed E-state index contributed by atoms with van der Waals surface area (Å²) in [6.45, 7) is 0. The highest BCUT2D eigenvalue weighted by Crippen LogP contribution is 2.20. The van der Waals surface area contributed by atoms with Crippen LogP contribution in [0.5, 0.6) is 0 Å². The van der Waals surface area contributed by atoms with Crippen molar-refractivity contribution in [2.45, 2.75) is 6.42 Å². The lowest BCUT2D eigenvalue weighted by Gasteiger charge is -1.97. The highest BCUT2D eigenvalue weighted by Gasteiger charge is 2.09. The van der Waals surface area contributed by atoms with Gasteiger partial charge in [-0.3, -0.25) is 0 Å². The van der Waals surface area contributed by atoms with Gasteiger partial charge in [0, 0.05) is 15.7 Å². The van der Waals surface area contributed by atoms with Gasteiger partial charge < -0.3 is 10.3 Å². The van der Waals surface area contributed by atoms with Crippen LogP contribution in [0.3, 0.4) is 0 Å². The molecule has 3 rings (SSSR count). The Kier molecular flexibility index (Phi) is 3.52. The Morgan fingerprint density at radius 1 is 1.00 bits per heavy atom. The Labute approximate surface area is 124 Å². The second-order valence-electron chi connectivity index (χ2n) is 4.44. The second kappa shape index (κ2) is 5.46. The number of nitrogens with zero attached hydrogens (tertiary/aromatic N) is 2. The first kappa shape index (κ1) is 12.9. The van der Waals surface area contributed by atoms with Crippen molar-refractivity contribution in [3.8, 4) is 11.4 Å². The minimum absolute atomic E-state index is 0.590. The second-order valence-corrected chi connectivity index (χ2v) is 5.35. The fraction of sp³-hybridized carbons (Fsp3) is 0.0667. The van der Waals surface area contributed by atoms with E-state index in [0.29, 0.717) is 18.1 Å². The molecule has 0 aliphatic carbocycles. The normalized spacial score (nSPS) is 10.7. The molecule has 2 N–H and O–H groups in total. The van der Waals surface area contributed by atoms with Crippen molar-refractivity contribution in [2.24, 2.45) is 0 Å². The number of rotatable bonds is 3. The first-order chi connectivity index (χ1) is 9.70. The van der Waals surface area contributed by atoms with Crippen LogP contribution in [-0.4, -0.2) is 10.1 Å². The Balaban J connectivity index is 1.80. The minimum Gasteiger partial charge on any atom is -0.399 e. The predicted octanol–water partition coefficient (Wildman–Crippen LogP) is 3.67. The molecule has 20 heavy (non-hydrogen) atoms. The van der Waals surface area contributed by atoms with Crippen molar-refractivity contribution in [2.75, 3.05) is 5.73 Å². The van der Waals surface area contributed by atoms with E-state index in [-0.39, 0.29) is 0 Å². The molecule has 100 valence electrons. The van der Waals surface area contributed by atoms with E-state index in [1.807, 2.05) is 48.5 Å². The average molecular weight is 330 g/mol. The molecule has 0 spiro atoms. The number of anilines is 1. The monoisotopic (exact) mass is 329 g/mol. The molecule has 5 heteroatoms. The first-order valence-corrected chi connectivity index (χ1v) is 6.93. The lowest BCUT2D eigenvalue weighted by molar-refractivity contribution is 0.385. The van der Waals surface area contributed by atoms with Crippen molar-refractivity contribution < 1.29 is 4.52 Å². The van der Waals surface area contributed by atoms with Crippen LogP contribution in [0.1, 0.15) is 11.5 Å². The molecule has 0 amide bonds. The quantitative estimate of drug-likeness (QED) is 0.744. The lowest BCUT2D eigenvalue weighted by Crippen LogP contribution is -1.90. The van der Waals surface area contributed by atoms with Crippen LogP contribution in [0.15, 0.2) is 57.5 Å². The number of benzene rings is 2. The molecule has 1 heterocycles. The number of nitrogen functional groups attached to an aromatic ring is 1. The highest BCUT2D eigenvalue weighted by molar-refractivity contribution is 9.10. The summed E-state index contributed by atoms with van der Waals surface area (Å²) in [5.74, 6) is 1.19. The van der Waals surface area contributed by atoms with Gasteiger partial charge in [-0.15, -0.1) is 0 Å². The Morgan fingerprint density at radius 3 is 2.40 bits per heavy atom. The van der Waals surface area contributed by atoms with Crippen LogP contribution in [0, 0.1) is 0 Å². The van der Waals surface area contributed by atoms with Crippen molar-refractivity contribution in [3.63, 3.8) is 0 Å². The third-order valence-corrected chi connectivity index (χ3v) is 3.43. The molecule has 0 bridgehead atoms. The van der Waals surface area contributed by atoms with E-state index in [4.69, 9.17) is 10.3 Å². The fourth-order valence-electron chi connectivity index (χ4n) is 1.85. The van der Waals surface area contributed by atoms with Crippen LogP contribution in [-0.2, 0) is 6.42 Å². The number of hydrogen-bond donors (Lipinski definition) is 1. The maximum absolute atomic E-state index is 5.66. The topological polar surface area (TPSA) is 64.9 Å². The average Bonchev–Trinajstić information content (AvgIpc) is 2.91. The van der Waals surface area contributed by atoms with E-state index < -0.39 is 0 Å². The highest BCUT2D eigenvalue weighted by atomic mass is 79.9. The molecular formula is C15H12BrN3O. The van der Waals surface area contributed by atoms with E-state index in [1.165, 1.54) is 0 Å². The molecule has 0 saturated carbocycles. The number of hydrogen-bond acceptors (Lipinski definition) is 4. The summed E-state index contributed by atoms with van der Waals surface area (Å²) in [5.41, 5.74) is 8.42. The summed E-state index contributed by atoms with van der Waals surface area (Å²) in [5, 5.41) is 4.00. The van der Waals surface area contributed by atoms with E-state index in [0.717, 1.165) is 21.3 Å². The number of nitrogens with two attached hydrogens (primary N) is 1. The maximum Gasteiger partial charge on any atom is 0.231 e. The maximum atomic E-state index is 5.66. The molecule has 3 aromatic rings. The van der Waals surface area contributed by atoms with Crippen molar-refractivity contribution >= 4 is 21.6 Å². The Bertz CT molecular complexity index is 705. The molecule has 0 unspecified atom stereocenters.